The van der Waals surface area contributed by atoms with E-state index in [0.717, 1.165) is 37.1 Å². The summed E-state index contributed by atoms with van der Waals surface area (Å²) in [6, 6.07) is 6.20. The van der Waals surface area contributed by atoms with E-state index in [1.165, 1.54) is 11.1 Å². The number of carbonyl (C=O) groups excluding carboxylic acids is 1. The Kier molecular flexibility index (Phi) is 5.14. The van der Waals surface area contributed by atoms with Crippen LogP contribution >= 0.6 is 11.8 Å². The largest absolute Gasteiger partial charge is 0.399 e. The monoisotopic (exact) mass is 278 g/mol. The number of benzene rings is 1. The van der Waals surface area contributed by atoms with E-state index < -0.39 is 0 Å². The fourth-order valence-electron chi connectivity index (χ4n) is 2.53. The van der Waals surface area contributed by atoms with Crippen LogP contribution in [-0.2, 0) is 11.2 Å². The molecular weight excluding hydrogens is 256 g/mol. The molecule has 19 heavy (non-hydrogen) atoms. The van der Waals surface area contributed by atoms with Crippen LogP contribution in [-0.4, -0.2) is 17.4 Å². The summed E-state index contributed by atoms with van der Waals surface area (Å²) in [7, 11) is 0. The Labute approximate surface area is 119 Å². The summed E-state index contributed by atoms with van der Waals surface area (Å²) in [5.74, 6) is 1.76. The summed E-state index contributed by atoms with van der Waals surface area (Å²) >= 11 is 1.70. The molecule has 0 spiro atoms. The van der Waals surface area contributed by atoms with Gasteiger partial charge >= 0.3 is 0 Å². The third-order valence-corrected chi connectivity index (χ3v) is 4.56. The maximum Gasteiger partial charge on any atom is 0.230 e. The van der Waals surface area contributed by atoms with Crippen molar-refractivity contribution in [2.45, 2.75) is 38.6 Å². The third-order valence-electron chi connectivity index (χ3n) is 3.40. The molecule has 0 aromatic heterocycles. The first-order valence-electron chi connectivity index (χ1n) is 6.96. The zero-order valence-corrected chi connectivity index (χ0v) is 12.3. The molecule has 0 radical (unpaired) electrons. The maximum atomic E-state index is 11.9. The second kappa shape index (κ2) is 6.85. The molecule has 1 aliphatic rings. The minimum absolute atomic E-state index is 0.146. The van der Waals surface area contributed by atoms with E-state index in [4.69, 9.17) is 5.73 Å². The van der Waals surface area contributed by atoms with Crippen molar-refractivity contribution in [1.29, 1.82) is 0 Å². The van der Waals surface area contributed by atoms with Gasteiger partial charge in [0.15, 0.2) is 0 Å². The lowest BCUT2D eigenvalue weighted by molar-refractivity contribution is -0.119. The smallest absolute Gasteiger partial charge is 0.230 e. The molecule has 1 aromatic rings. The SMILES string of the molecule is CCCSCC(=O)NC1CCCc2cc(N)ccc21. The number of thioether (sulfide) groups is 1. The van der Waals surface area contributed by atoms with Crippen LogP contribution in [0.15, 0.2) is 18.2 Å². The van der Waals surface area contributed by atoms with Gasteiger partial charge in [0.2, 0.25) is 5.91 Å². The fraction of sp³-hybridized carbons (Fsp3) is 0.533. The molecule has 3 nitrogen and oxygen atoms in total. The van der Waals surface area contributed by atoms with E-state index in [9.17, 15) is 4.79 Å². The Balaban J connectivity index is 1.97. The number of carbonyl (C=O) groups is 1. The molecule has 1 unspecified atom stereocenters. The zero-order chi connectivity index (χ0) is 13.7. The predicted molar refractivity (Wildman–Crippen MR) is 82.3 cm³/mol. The van der Waals surface area contributed by atoms with Crippen LogP contribution in [0.1, 0.15) is 43.4 Å². The molecule has 0 saturated heterocycles. The summed E-state index contributed by atoms with van der Waals surface area (Å²) in [4.78, 5) is 11.9. The Morgan fingerprint density at radius 1 is 1.53 bits per heavy atom. The second-order valence-electron chi connectivity index (χ2n) is 5.02. The van der Waals surface area contributed by atoms with Crippen molar-refractivity contribution in [1.82, 2.24) is 5.32 Å². The lowest BCUT2D eigenvalue weighted by Crippen LogP contribution is -2.32. The van der Waals surface area contributed by atoms with Crippen molar-refractivity contribution in [2.24, 2.45) is 0 Å². The standard InChI is InChI=1S/C15H22N2OS/c1-2-8-19-10-15(18)17-14-5-3-4-11-9-12(16)6-7-13(11)14/h6-7,9,14H,2-5,8,10,16H2,1H3,(H,17,18). The van der Waals surface area contributed by atoms with E-state index in [1.54, 1.807) is 11.8 Å². The molecule has 1 aliphatic carbocycles. The van der Waals surface area contributed by atoms with Crippen LogP contribution < -0.4 is 11.1 Å². The van der Waals surface area contributed by atoms with E-state index in [1.807, 2.05) is 12.1 Å². The number of nitrogens with one attached hydrogen (secondary N) is 1. The number of anilines is 1. The highest BCUT2D eigenvalue weighted by molar-refractivity contribution is 7.99. The van der Waals surface area contributed by atoms with Crippen molar-refractivity contribution in [3.8, 4) is 0 Å². The molecule has 0 fully saturated rings. The summed E-state index contributed by atoms with van der Waals surface area (Å²) in [6.45, 7) is 2.13. The highest BCUT2D eigenvalue weighted by atomic mass is 32.2. The first-order chi connectivity index (χ1) is 9.20. The second-order valence-corrected chi connectivity index (χ2v) is 6.13. The lowest BCUT2D eigenvalue weighted by Gasteiger charge is -2.26. The summed E-state index contributed by atoms with van der Waals surface area (Å²) < 4.78 is 0. The highest BCUT2D eigenvalue weighted by Gasteiger charge is 2.21. The van der Waals surface area contributed by atoms with Crippen LogP contribution in [0, 0.1) is 0 Å². The number of rotatable bonds is 5. The molecule has 104 valence electrons. The number of fused-ring (bicyclic) bond motifs is 1. The van der Waals surface area contributed by atoms with Gasteiger partial charge in [-0.05, 0) is 54.7 Å². The molecule has 2 rings (SSSR count). The van der Waals surface area contributed by atoms with Crippen LogP contribution in [0.3, 0.4) is 0 Å². The van der Waals surface area contributed by atoms with E-state index in [-0.39, 0.29) is 11.9 Å². The Bertz CT molecular complexity index is 448. The van der Waals surface area contributed by atoms with Gasteiger partial charge in [-0.15, -0.1) is 0 Å². The average molecular weight is 278 g/mol. The third kappa shape index (κ3) is 3.90. The predicted octanol–water partition coefficient (Wildman–Crippen LogP) is 2.91. The first kappa shape index (κ1) is 14.3. The lowest BCUT2D eigenvalue weighted by atomic mass is 9.87. The van der Waals surface area contributed by atoms with Crippen LogP contribution in [0.4, 0.5) is 5.69 Å². The molecule has 1 atom stereocenters. The Morgan fingerprint density at radius 3 is 3.16 bits per heavy atom. The van der Waals surface area contributed by atoms with Gasteiger partial charge < -0.3 is 11.1 Å². The first-order valence-corrected chi connectivity index (χ1v) is 8.11. The van der Waals surface area contributed by atoms with Crippen LogP contribution in [0.2, 0.25) is 0 Å². The topological polar surface area (TPSA) is 55.1 Å². The molecule has 3 N–H and O–H groups in total. The normalized spacial score (nSPS) is 17.8. The average Bonchev–Trinajstić information content (AvgIpc) is 2.39. The summed E-state index contributed by atoms with van der Waals surface area (Å²) in [5.41, 5.74) is 9.16. The quantitative estimate of drug-likeness (QED) is 0.643. The van der Waals surface area contributed by atoms with E-state index >= 15 is 0 Å². The Morgan fingerprint density at radius 2 is 2.37 bits per heavy atom. The fourth-order valence-corrected chi connectivity index (χ4v) is 3.23. The zero-order valence-electron chi connectivity index (χ0n) is 11.4. The Hall–Kier alpha value is -1.16. The molecule has 0 bridgehead atoms. The van der Waals surface area contributed by atoms with Crippen molar-refractivity contribution < 1.29 is 4.79 Å². The van der Waals surface area contributed by atoms with Gasteiger partial charge in [0.25, 0.3) is 0 Å². The van der Waals surface area contributed by atoms with Crippen LogP contribution in [0.5, 0.6) is 0 Å². The molecule has 1 amide bonds. The summed E-state index contributed by atoms with van der Waals surface area (Å²) in [6.07, 6.45) is 4.32. The van der Waals surface area contributed by atoms with Crippen LogP contribution in [0.25, 0.3) is 0 Å². The highest BCUT2D eigenvalue weighted by Crippen LogP contribution is 2.30. The molecule has 1 aromatic carbocycles. The minimum atomic E-state index is 0.146. The number of hydrogen-bond acceptors (Lipinski definition) is 3. The van der Waals surface area contributed by atoms with Gasteiger partial charge in [0.05, 0.1) is 11.8 Å². The molecule has 0 aliphatic heterocycles. The van der Waals surface area contributed by atoms with Gasteiger partial charge in [-0.2, -0.15) is 11.8 Å². The van der Waals surface area contributed by atoms with Crippen molar-refractivity contribution >= 4 is 23.4 Å². The van der Waals surface area contributed by atoms with Crippen molar-refractivity contribution in [3.05, 3.63) is 29.3 Å². The van der Waals surface area contributed by atoms with Gasteiger partial charge in [-0.3, -0.25) is 4.79 Å². The van der Waals surface area contributed by atoms with E-state index in [2.05, 4.69) is 18.3 Å². The maximum absolute atomic E-state index is 11.9. The minimum Gasteiger partial charge on any atom is -0.399 e. The van der Waals surface area contributed by atoms with Gasteiger partial charge in [0, 0.05) is 5.69 Å². The number of hydrogen-bond donors (Lipinski definition) is 2. The molecule has 0 heterocycles. The number of nitrogen functional groups attached to an aromatic ring is 1. The molecule has 0 saturated carbocycles. The number of amides is 1. The molecular formula is C15H22N2OS. The summed E-state index contributed by atoms with van der Waals surface area (Å²) in [5, 5.41) is 3.15. The van der Waals surface area contributed by atoms with Crippen molar-refractivity contribution in [2.75, 3.05) is 17.2 Å². The number of aryl methyl sites for hydroxylation is 1. The van der Waals surface area contributed by atoms with Gasteiger partial charge in [-0.1, -0.05) is 13.0 Å². The van der Waals surface area contributed by atoms with Gasteiger partial charge in [0.1, 0.15) is 0 Å². The van der Waals surface area contributed by atoms with Gasteiger partial charge in [-0.25, -0.2) is 0 Å². The van der Waals surface area contributed by atoms with Crippen molar-refractivity contribution in [3.63, 3.8) is 0 Å². The number of nitrogens with two attached hydrogens (primary N) is 1. The molecule has 4 heteroatoms. The van der Waals surface area contributed by atoms with E-state index in [0.29, 0.717) is 5.75 Å².